The minimum Gasteiger partial charge on any atom is -0.351 e. The standard InChI is InChI=1S/C12H14N2O/c1-2-3-12(15)14-9-11-6-4-10(8-13)5-7-11/h1,4-7H,3,8-9,13H2,(H,14,15). The zero-order valence-electron chi connectivity index (χ0n) is 8.49. The van der Waals surface area contributed by atoms with Crippen LogP contribution in [0.25, 0.3) is 0 Å². The minimum atomic E-state index is -0.125. The van der Waals surface area contributed by atoms with Crippen LogP contribution in [0.2, 0.25) is 0 Å². The number of rotatable bonds is 4. The van der Waals surface area contributed by atoms with Crippen molar-refractivity contribution >= 4 is 5.91 Å². The van der Waals surface area contributed by atoms with Crippen molar-refractivity contribution in [1.82, 2.24) is 5.32 Å². The number of carbonyl (C=O) groups excluding carboxylic acids is 1. The average Bonchev–Trinajstić information content (AvgIpc) is 2.27. The molecule has 0 aromatic heterocycles. The summed E-state index contributed by atoms with van der Waals surface area (Å²) in [5.41, 5.74) is 7.59. The van der Waals surface area contributed by atoms with Gasteiger partial charge in [0, 0.05) is 13.1 Å². The predicted molar refractivity (Wildman–Crippen MR) is 59.6 cm³/mol. The van der Waals surface area contributed by atoms with Gasteiger partial charge in [-0.1, -0.05) is 30.2 Å². The van der Waals surface area contributed by atoms with Crippen molar-refractivity contribution < 1.29 is 4.79 Å². The monoisotopic (exact) mass is 202 g/mol. The molecule has 3 heteroatoms. The van der Waals surface area contributed by atoms with Crippen LogP contribution in [0.3, 0.4) is 0 Å². The van der Waals surface area contributed by atoms with Crippen molar-refractivity contribution in [2.45, 2.75) is 19.5 Å². The highest BCUT2D eigenvalue weighted by Gasteiger charge is 1.98. The lowest BCUT2D eigenvalue weighted by Gasteiger charge is -2.04. The third-order valence-electron chi connectivity index (χ3n) is 2.01. The molecule has 0 saturated carbocycles. The van der Waals surface area contributed by atoms with Crippen LogP contribution in [-0.4, -0.2) is 5.91 Å². The van der Waals surface area contributed by atoms with Gasteiger partial charge in [-0.3, -0.25) is 4.79 Å². The first-order valence-electron chi connectivity index (χ1n) is 4.74. The molecule has 1 aromatic rings. The third kappa shape index (κ3) is 3.84. The molecule has 78 valence electrons. The molecule has 0 atom stereocenters. The molecule has 0 unspecified atom stereocenters. The Balaban J connectivity index is 2.45. The Bertz CT molecular complexity index is 362. The number of hydrogen-bond donors (Lipinski definition) is 2. The van der Waals surface area contributed by atoms with Gasteiger partial charge in [0.15, 0.2) is 0 Å². The zero-order valence-corrected chi connectivity index (χ0v) is 8.49. The van der Waals surface area contributed by atoms with Gasteiger partial charge in [-0.25, -0.2) is 0 Å². The van der Waals surface area contributed by atoms with Gasteiger partial charge in [0.1, 0.15) is 0 Å². The Morgan fingerprint density at radius 2 is 1.93 bits per heavy atom. The molecule has 3 N–H and O–H groups in total. The summed E-state index contributed by atoms with van der Waals surface area (Å²) in [6.45, 7) is 1.04. The lowest BCUT2D eigenvalue weighted by Crippen LogP contribution is -2.21. The van der Waals surface area contributed by atoms with Gasteiger partial charge >= 0.3 is 0 Å². The molecular weight excluding hydrogens is 188 g/mol. The van der Waals surface area contributed by atoms with Crippen molar-refractivity contribution in [1.29, 1.82) is 0 Å². The van der Waals surface area contributed by atoms with Gasteiger partial charge in [0.25, 0.3) is 0 Å². The van der Waals surface area contributed by atoms with Gasteiger partial charge < -0.3 is 11.1 Å². The Morgan fingerprint density at radius 3 is 2.47 bits per heavy atom. The third-order valence-corrected chi connectivity index (χ3v) is 2.01. The number of terminal acetylenes is 1. The quantitative estimate of drug-likeness (QED) is 0.709. The van der Waals surface area contributed by atoms with E-state index in [1.165, 1.54) is 0 Å². The average molecular weight is 202 g/mol. The van der Waals surface area contributed by atoms with Crippen molar-refractivity contribution in [3.05, 3.63) is 35.4 Å². The summed E-state index contributed by atoms with van der Waals surface area (Å²) in [4.78, 5) is 11.1. The van der Waals surface area contributed by atoms with E-state index in [0.717, 1.165) is 11.1 Å². The second-order valence-electron chi connectivity index (χ2n) is 3.18. The zero-order chi connectivity index (χ0) is 11.1. The predicted octanol–water partition coefficient (Wildman–Crippen LogP) is 0.785. The van der Waals surface area contributed by atoms with E-state index in [1.54, 1.807) is 0 Å². The van der Waals surface area contributed by atoms with E-state index in [-0.39, 0.29) is 12.3 Å². The van der Waals surface area contributed by atoms with Gasteiger partial charge in [-0.2, -0.15) is 0 Å². The van der Waals surface area contributed by atoms with Crippen molar-refractivity contribution in [2.75, 3.05) is 0 Å². The smallest absolute Gasteiger partial charge is 0.232 e. The number of nitrogens with two attached hydrogens (primary N) is 1. The lowest BCUT2D eigenvalue weighted by molar-refractivity contribution is -0.120. The second-order valence-corrected chi connectivity index (χ2v) is 3.18. The minimum absolute atomic E-state index is 0.125. The van der Waals surface area contributed by atoms with Crippen LogP contribution in [0.15, 0.2) is 24.3 Å². The van der Waals surface area contributed by atoms with E-state index in [9.17, 15) is 4.79 Å². The van der Waals surface area contributed by atoms with Crippen molar-refractivity contribution in [3.63, 3.8) is 0 Å². The molecule has 0 fully saturated rings. The SMILES string of the molecule is C#CCC(=O)NCc1ccc(CN)cc1. The second kappa shape index (κ2) is 5.84. The van der Waals surface area contributed by atoms with E-state index < -0.39 is 0 Å². The fraction of sp³-hybridized carbons (Fsp3) is 0.250. The molecular formula is C12H14N2O. The van der Waals surface area contributed by atoms with E-state index in [2.05, 4.69) is 11.2 Å². The Hall–Kier alpha value is -1.79. The molecule has 0 bridgehead atoms. The van der Waals surface area contributed by atoms with Crippen molar-refractivity contribution in [2.24, 2.45) is 5.73 Å². The molecule has 0 heterocycles. The normalized spacial score (nSPS) is 9.33. The first-order chi connectivity index (χ1) is 7.26. The van der Waals surface area contributed by atoms with Crippen LogP contribution in [0.5, 0.6) is 0 Å². The molecule has 1 rings (SSSR count). The topological polar surface area (TPSA) is 55.1 Å². The number of benzene rings is 1. The fourth-order valence-electron chi connectivity index (χ4n) is 1.15. The maximum Gasteiger partial charge on any atom is 0.232 e. The summed E-state index contributed by atoms with van der Waals surface area (Å²) >= 11 is 0. The first kappa shape index (κ1) is 11.3. The summed E-state index contributed by atoms with van der Waals surface area (Å²) in [5, 5.41) is 2.72. The molecule has 0 aliphatic carbocycles. The molecule has 0 aliphatic heterocycles. The van der Waals surface area contributed by atoms with Crippen molar-refractivity contribution in [3.8, 4) is 12.3 Å². The number of nitrogens with one attached hydrogen (secondary N) is 1. The van der Waals surface area contributed by atoms with Crippen LogP contribution < -0.4 is 11.1 Å². The Labute approximate surface area is 89.7 Å². The Morgan fingerprint density at radius 1 is 1.33 bits per heavy atom. The van der Waals surface area contributed by atoms with Gasteiger partial charge in [-0.05, 0) is 11.1 Å². The summed E-state index contributed by atoms with van der Waals surface area (Å²) in [5.74, 6) is 2.17. The van der Waals surface area contributed by atoms with Crippen LogP contribution in [0.1, 0.15) is 17.5 Å². The van der Waals surface area contributed by atoms with Gasteiger partial charge in [0.05, 0.1) is 6.42 Å². The maximum atomic E-state index is 11.1. The highest BCUT2D eigenvalue weighted by molar-refractivity contribution is 5.78. The summed E-state index contributed by atoms with van der Waals surface area (Å²) in [7, 11) is 0. The highest BCUT2D eigenvalue weighted by Crippen LogP contribution is 2.03. The van der Waals surface area contributed by atoms with Crippen LogP contribution in [0.4, 0.5) is 0 Å². The van der Waals surface area contributed by atoms with E-state index in [0.29, 0.717) is 13.1 Å². The highest BCUT2D eigenvalue weighted by atomic mass is 16.1. The molecule has 0 radical (unpaired) electrons. The molecule has 1 amide bonds. The first-order valence-corrected chi connectivity index (χ1v) is 4.74. The summed E-state index contributed by atoms with van der Waals surface area (Å²) < 4.78 is 0. The molecule has 1 aromatic carbocycles. The summed E-state index contributed by atoms with van der Waals surface area (Å²) in [6, 6.07) is 7.78. The molecule has 3 nitrogen and oxygen atoms in total. The Kier molecular flexibility index (Phi) is 4.39. The lowest BCUT2D eigenvalue weighted by atomic mass is 10.1. The largest absolute Gasteiger partial charge is 0.351 e. The van der Waals surface area contributed by atoms with Gasteiger partial charge in [0.2, 0.25) is 5.91 Å². The fourth-order valence-corrected chi connectivity index (χ4v) is 1.15. The van der Waals surface area contributed by atoms with E-state index in [1.807, 2.05) is 24.3 Å². The van der Waals surface area contributed by atoms with Crippen LogP contribution >= 0.6 is 0 Å². The van der Waals surface area contributed by atoms with E-state index >= 15 is 0 Å². The molecule has 0 saturated heterocycles. The molecule has 0 aliphatic rings. The van der Waals surface area contributed by atoms with Crippen LogP contribution in [0, 0.1) is 12.3 Å². The molecule has 0 spiro atoms. The number of hydrogen-bond acceptors (Lipinski definition) is 2. The van der Waals surface area contributed by atoms with E-state index in [4.69, 9.17) is 12.2 Å². The van der Waals surface area contributed by atoms with Gasteiger partial charge in [-0.15, -0.1) is 6.42 Å². The number of carbonyl (C=O) groups is 1. The molecule has 15 heavy (non-hydrogen) atoms. The maximum absolute atomic E-state index is 11.1. The number of amides is 1. The summed E-state index contributed by atoms with van der Waals surface area (Å²) in [6.07, 6.45) is 5.14. The van der Waals surface area contributed by atoms with Crippen LogP contribution in [-0.2, 0) is 17.9 Å².